The van der Waals surface area contributed by atoms with E-state index < -0.39 is 0 Å². The van der Waals surface area contributed by atoms with Gasteiger partial charge in [-0.1, -0.05) is 37.9 Å². The van der Waals surface area contributed by atoms with E-state index in [0.717, 1.165) is 18.4 Å². The number of nitrogens with zero attached hydrogens (tertiary/aromatic N) is 1. The molecule has 0 amide bonds. The molecule has 0 aliphatic heterocycles. The maximum absolute atomic E-state index is 8.76. The van der Waals surface area contributed by atoms with E-state index in [2.05, 4.69) is 19.0 Å². The Hall–Kier alpha value is -1.71. The van der Waals surface area contributed by atoms with E-state index in [1.54, 1.807) is 0 Å². The van der Waals surface area contributed by atoms with E-state index in [9.17, 15) is 0 Å². The molecule has 0 fully saturated rings. The fraction of sp³-hybridized carbons (Fsp3) is 0.500. The SMILES string of the molecule is CCC(CC)COc1cc(C)ccc1/C(N)=N/O. The Bertz CT molecular complexity index is 412. The summed E-state index contributed by atoms with van der Waals surface area (Å²) in [6.45, 7) is 6.94. The molecular formula is C14H22N2O2. The third kappa shape index (κ3) is 3.65. The van der Waals surface area contributed by atoms with Crippen molar-refractivity contribution in [3.63, 3.8) is 0 Å². The second kappa shape index (κ2) is 6.89. The third-order valence-corrected chi connectivity index (χ3v) is 3.15. The summed E-state index contributed by atoms with van der Waals surface area (Å²) in [5, 5.41) is 11.8. The van der Waals surface area contributed by atoms with Crippen LogP contribution in [0.5, 0.6) is 5.75 Å². The van der Waals surface area contributed by atoms with Crippen LogP contribution in [0.2, 0.25) is 0 Å². The summed E-state index contributed by atoms with van der Waals surface area (Å²) in [5.74, 6) is 1.29. The minimum Gasteiger partial charge on any atom is -0.493 e. The number of hydrogen-bond donors (Lipinski definition) is 2. The van der Waals surface area contributed by atoms with Crippen molar-refractivity contribution in [2.75, 3.05) is 6.61 Å². The Morgan fingerprint density at radius 2 is 2.06 bits per heavy atom. The van der Waals surface area contributed by atoms with E-state index in [4.69, 9.17) is 15.7 Å². The zero-order valence-corrected chi connectivity index (χ0v) is 11.3. The molecule has 0 bridgehead atoms. The van der Waals surface area contributed by atoms with Crippen LogP contribution in [-0.4, -0.2) is 17.6 Å². The summed E-state index contributed by atoms with van der Waals surface area (Å²) in [5.41, 5.74) is 7.36. The molecule has 0 saturated heterocycles. The molecule has 0 atom stereocenters. The van der Waals surface area contributed by atoms with Gasteiger partial charge in [-0.3, -0.25) is 0 Å². The summed E-state index contributed by atoms with van der Waals surface area (Å²) in [6, 6.07) is 5.64. The lowest BCUT2D eigenvalue weighted by atomic mass is 10.1. The van der Waals surface area contributed by atoms with Gasteiger partial charge in [-0.15, -0.1) is 0 Å². The molecule has 1 rings (SSSR count). The van der Waals surface area contributed by atoms with Crippen molar-refractivity contribution >= 4 is 5.84 Å². The minimum absolute atomic E-state index is 0.0783. The van der Waals surface area contributed by atoms with Crippen LogP contribution in [0.4, 0.5) is 0 Å². The highest BCUT2D eigenvalue weighted by atomic mass is 16.5. The molecule has 4 nitrogen and oxygen atoms in total. The van der Waals surface area contributed by atoms with Crippen LogP contribution in [0.3, 0.4) is 0 Å². The quantitative estimate of drug-likeness (QED) is 0.353. The standard InChI is InChI=1S/C14H22N2O2/c1-4-11(5-2)9-18-13-8-10(3)6-7-12(13)14(15)16-17/h6-8,11,17H,4-5,9H2,1-3H3,(H2,15,16). The summed E-state index contributed by atoms with van der Waals surface area (Å²) in [7, 11) is 0. The van der Waals surface area contributed by atoms with Crippen LogP contribution in [0.25, 0.3) is 0 Å². The summed E-state index contributed by atoms with van der Waals surface area (Å²) >= 11 is 0. The second-order valence-corrected chi connectivity index (χ2v) is 4.48. The predicted octanol–water partition coefficient (Wildman–Crippen LogP) is 2.90. The first-order valence-electron chi connectivity index (χ1n) is 6.33. The Morgan fingerprint density at radius 3 is 2.61 bits per heavy atom. The first-order chi connectivity index (χ1) is 8.62. The van der Waals surface area contributed by atoms with Crippen molar-refractivity contribution in [2.24, 2.45) is 16.8 Å². The van der Waals surface area contributed by atoms with E-state index in [-0.39, 0.29) is 5.84 Å². The van der Waals surface area contributed by atoms with Crippen molar-refractivity contribution in [3.8, 4) is 5.75 Å². The predicted molar refractivity (Wildman–Crippen MR) is 73.3 cm³/mol. The zero-order chi connectivity index (χ0) is 13.5. The van der Waals surface area contributed by atoms with Gasteiger partial charge in [0.2, 0.25) is 0 Å². The highest BCUT2D eigenvalue weighted by Crippen LogP contribution is 2.21. The largest absolute Gasteiger partial charge is 0.493 e. The maximum atomic E-state index is 8.76. The van der Waals surface area contributed by atoms with E-state index >= 15 is 0 Å². The molecule has 0 spiro atoms. The smallest absolute Gasteiger partial charge is 0.173 e. The Balaban J connectivity index is 2.89. The fourth-order valence-electron chi connectivity index (χ4n) is 1.75. The number of amidine groups is 1. The lowest BCUT2D eigenvalue weighted by molar-refractivity contribution is 0.240. The van der Waals surface area contributed by atoms with Crippen LogP contribution in [0.1, 0.15) is 37.8 Å². The zero-order valence-electron chi connectivity index (χ0n) is 11.3. The van der Waals surface area contributed by atoms with E-state index in [1.807, 2.05) is 25.1 Å². The normalized spacial score (nSPS) is 11.9. The number of hydrogen-bond acceptors (Lipinski definition) is 3. The monoisotopic (exact) mass is 250 g/mol. The molecule has 4 heteroatoms. The van der Waals surface area contributed by atoms with Gasteiger partial charge in [0.25, 0.3) is 0 Å². The summed E-state index contributed by atoms with van der Waals surface area (Å²) < 4.78 is 5.81. The van der Waals surface area contributed by atoms with E-state index in [0.29, 0.717) is 23.8 Å². The highest BCUT2D eigenvalue weighted by molar-refractivity contribution is 5.99. The molecule has 1 aromatic carbocycles. The van der Waals surface area contributed by atoms with Crippen molar-refractivity contribution in [3.05, 3.63) is 29.3 Å². The topological polar surface area (TPSA) is 67.8 Å². The number of ether oxygens (including phenoxy) is 1. The van der Waals surface area contributed by atoms with Crippen molar-refractivity contribution < 1.29 is 9.94 Å². The molecule has 100 valence electrons. The Kier molecular flexibility index (Phi) is 5.49. The number of nitrogens with two attached hydrogens (primary N) is 1. The average molecular weight is 250 g/mol. The molecule has 0 saturated carbocycles. The van der Waals surface area contributed by atoms with Gasteiger partial charge < -0.3 is 15.7 Å². The average Bonchev–Trinajstić information content (AvgIpc) is 2.39. The van der Waals surface area contributed by atoms with Crippen LogP contribution in [-0.2, 0) is 0 Å². The molecular weight excluding hydrogens is 228 g/mol. The van der Waals surface area contributed by atoms with Crippen molar-refractivity contribution in [2.45, 2.75) is 33.6 Å². The molecule has 0 radical (unpaired) electrons. The second-order valence-electron chi connectivity index (χ2n) is 4.48. The lowest BCUT2D eigenvalue weighted by Gasteiger charge is -2.16. The third-order valence-electron chi connectivity index (χ3n) is 3.15. The molecule has 0 aromatic heterocycles. The lowest BCUT2D eigenvalue weighted by Crippen LogP contribution is -2.17. The van der Waals surface area contributed by atoms with Crippen LogP contribution in [0, 0.1) is 12.8 Å². The first-order valence-corrected chi connectivity index (χ1v) is 6.33. The highest BCUT2D eigenvalue weighted by Gasteiger charge is 2.11. The Morgan fingerprint density at radius 1 is 1.39 bits per heavy atom. The summed E-state index contributed by atoms with van der Waals surface area (Å²) in [6.07, 6.45) is 2.17. The van der Waals surface area contributed by atoms with Crippen LogP contribution < -0.4 is 10.5 Å². The van der Waals surface area contributed by atoms with Gasteiger partial charge in [0.1, 0.15) is 5.75 Å². The van der Waals surface area contributed by atoms with Gasteiger partial charge in [-0.25, -0.2) is 0 Å². The fourth-order valence-corrected chi connectivity index (χ4v) is 1.75. The maximum Gasteiger partial charge on any atom is 0.173 e. The molecule has 0 heterocycles. The van der Waals surface area contributed by atoms with Gasteiger partial charge in [-0.05, 0) is 30.5 Å². The van der Waals surface area contributed by atoms with Gasteiger partial charge in [0.15, 0.2) is 5.84 Å². The molecule has 1 aromatic rings. The number of aryl methyl sites for hydroxylation is 1. The molecule has 0 aliphatic rings. The molecule has 0 unspecified atom stereocenters. The van der Waals surface area contributed by atoms with Gasteiger partial charge >= 0.3 is 0 Å². The van der Waals surface area contributed by atoms with Gasteiger partial charge in [0.05, 0.1) is 12.2 Å². The van der Waals surface area contributed by atoms with Gasteiger partial charge in [-0.2, -0.15) is 0 Å². The van der Waals surface area contributed by atoms with Crippen LogP contribution >= 0.6 is 0 Å². The summed E-state index contributed by atoms with van der Waals surface area (Å²) in [4.78, 5) is 0. The Labute approximate surface area is 108 Å². The van der Waals surface area contributed by atoms with E-state index in [1.165, 1.54) is 0 Å². The number of benzene rings is 1. The molecule has 3 N–H and O–H groups in total. The first kappa shape index (κ1) is 14.4. The number of oxime groups is 1. The van der Waals surface area contributed by atoms with Gasteiger partial charge in [0, 0.05) is 0 Å². The van der Waals surface area contributed by atoms with Crippen molar-refractivity contribution in [1.29, 1.82) is 0 Å². The van der Waals surface area contributed by atoms with Crippen molar-refractivity contribution in [1.82, 2.24) is 0 Å². The van der Waals surface area contributed by atoms with Crippen LogP contribution in [0.15, 0.2) is 23.4 Å². The molecule has 18 heavy (non-hydrogen) atoms. The molecule has 0 aliphatic carbocycles. The minimum atomic E-state index is 0.0783. The number of rotatable bonds is 6.